The van der Waals surface area contributed by atoms with Crippen LogP contribution in [0.25, 0.3) is 33.5 Å². The molecule has 9 nitrogen and oxygen atoms in total. The highest BCUT2D eigenvalue weighted by Gasteiger charge is 2.17. The van der Waals surface area contributed by atoms with Crippen molar-refractivity contribution in [3.05, 3.63) is 131 Å². The Balaban J connectivity index is 1.34. The van der Waals surface area contributed by atoms with E-state index in [0.717, 1.165) is 10.9 Å². The van der Waals surface area contributed by atoms with Gasteiger partial charge in [-0.05, 0) is 87.7 Å². The number of hydrogen-bond acceptors (Lipinski definition) is 7. The molecule has 6 aromatic rings. The molecule has 0 saturated heterocycles. The minimum Gasteiger partial charge on any atom is -0.486 e. The Morgan fingerprint density at radius 1 is 1.05 bits per heavy atom. The SMILES string of the molecule is O=c1c2ccccc2nc(-c2cc3cc(Cl)ccc3o2)n1N=Cc1cc(Cl)c(OCc2ccc([N+](=O)[O-])cc2)c(Br)c1. The number of ether oxygens (including phenoxy) is 1. The maximum Gasteiger partial charge on any atom is 0.282 e. The predicted octanol–water partition coefficient (Wildman–Crippen LogP) is 8.25. The van der Waals surface area contributed by atoms with Gasteiger partial charge in [0.15, 0.2) is 11.5 Å². The van der Waals surface area contributed by atoms with E-state index in [1.165, 1.54) is 23.0 Å². The second-order valence-electron chi connectivity index (χ2n) is 9.13. The van der Waals surface area contributed by atoms with Crippen molar-refractivity contribution in [2.24, 2.45) is 5.10 Å². The molecule has 2 heterocycles. The number of fused-ring (bicyclic) bond motifs is 2. The highest BCUT2D eigenvalue weighted by Crippen LogP contribution is 2.35. The van der Waals surface area contributed by atoms with Crippen LogP contribution in [-0.4, -0.2) is 20.8 Å². The summed E-state index contributed by atoms with van der Waals surface area (Å²) in [6.07, 6.45) is 1.48. The van der Waals surface area contributed by atoms with Crippen molar-refractivity contribution in [1.29, 1.82) is 0 Å². The maximum absolute atomic E-state index is 13.5. The number of nitro benzene ring substituents is 1. The van der Waals surface area contributed by atoms with Crippen molar-refractivity contribution >= 4 is 72.9 Å². The first kappa shape index (κ1) is 27.6. The minimum absolute atomic E-state index is 0.00444. The van der Waals surface area contributed by atoms with E-state index in [-0.39, 0.29) is 23.7 Å². The van der Waals surface area contributed by atoms with E-state index < -0.39 is 4.92 Å². The fourth-order valence-electron chi connectivity index (χ4n) is 4.30. The van der Waals surface area contributed by atoms with Gasteiger partial charge in [-0.15, -0.1) is 0 Å². The molecule has 4 aromatic carbocycles. The maximum atomic E-state index is 13.5. The molecule has 0 radical (unpaired) electrons. The van der Waals surface area contributed by atoms with Crippen LogP contribution in [0, 0.1) is 10.1 Å². The Kier molecular flexibility index (Phi) is 7.51. The summed E-state index contributed by atoms with van der Waals surface area (Å²) in [4.78, 5) is 28.6. The number of para-hydroxylation sites is 1. The Morgan fingerprint density at radius 3 is 2.60 bits per heavy atom. The van der Waals surface area contributed by atoms with Gasteiger partial charge >= 0.3 is 0 Å². The number of nitrogens with zero attached hydrogens (tertiary/aromatic N) is 4. The molecule has 0 saturated carbocycles. The zero-order chi connectivity index (χ0) is 29.4. The van der Waals surface area contributed by atoms with Crippen LogP contribution in [0.2, 0.25) is 10.0 Å². The van der Waals surface area contributed by atoms with Crippen LogP contribution in [0.1, 0.15) is 11.1 Å². The summed E-state index contributed by atoms with van der Waals surface area (Å²) >= 11 is 16.2. The summed E-state index contributed by atoms with van der Waals surface area (Å²) in [7, 11) is 0. The van der Waals surface area contributed by atoms with Gasteiger partial charge in [0.25, 0.3) is 11.2 Å². The number of furan rings is 1. The summed E-state index contributed by atoms with van der Waals surface area (Å²) in [6.45, 7) is 0.147. The van der Waals surface area contributed by atoms with Crippen molar-refractivity contribution in [3.8, 4) is 17.3 Å². The molecule has 0 spiro atoms. The number of nitro groups is 1. The third-order valence-electron chi connectivity index (χ3n) is 6.33. The molecule has 6 rings (SSSR count). The molecular formula is C30H17BrCl2N4O5. The van der Waals surface area contributed by atoms with Gasteiger partial charge in [0.1, 0.15) is 12.2 Å². The third kappa shape index (κ3) is 5.52. The number of aromatic nitrogens is 2. The third-order valence-corrected chi connectivity index (χ3v) is 7.43. The average molecular weight is 664 g/mol. The second-order valence-corrected chi connectivity index (χ2v) is 10.8. The zero-order valence-corrected chi connectivity index (χ0v) is 24.4. The number of non-ortho nitro benzene ring substituents is 1. The lowest BCUT2D eigenvalue weighted by atomic mass is 10.2. The van der Waals surface area contributed by atoms with Crippen LogP contribution in [0.4, 0.5) is 5.69 Å². The van der Waals surface area contributed by atoms with Crippen LogP contribution in [0.15, 0.2) is 104 Å². The molecule has 0 aliphatic heterocycles. The van der Waals surface area contributed by atoms with Gasteiger partial charge in [0.2, 0.25) is 5.82 Å². The van der Waals surface area contributed by atoms with E-state index in [1.54, 1.807) is 72.8 Å². The summed E-state index contributed by atoms with van der Waals surface area (Å²) < 4.78 is 13.6. The molecule has 0 N–H and O–H groups in total. The van der Waals surface area contributed by atoms with Gasteiger partial charge in [-0.1, -0.05) is 35.3 Å². The summed E-state index contributed by atoms with van der Waals surface area (Å²) in [5.74, 6) is 0.954. The van der Waals surface area contributed by atoms with E-state index in [9.17, 15) is 14.9 Å². The Morgan fingerprint density at radius 2 is 1.83 bits per heavy atom. The average Bonchev–Trinajstić information content (AvgIpc) is 3.39. The molecule has 42 heavy (non-hydrogen) atoms. The molecule has 2 aromatic heterocycles. The van der Waals surface area contributed by atoms with E-state index in [4.69, 9.17) is 32.4 Å². The fourth-order valence-corrected chi connectivity index (χ4v) is 5.47. The van der Waals surface area contributed by atoms with Gasteiger partial charge in [0, 0.05) is 22.5 Å². The van der Waals surface area contributed by atoms with Gasteiger partial charge in [-0.3, -0.25) is 14.9 Å². The lowest BCUT2D eigenvalue weighted by molar-refractivity contribution is -0.384. The predicted molar refractivity (Wildman–Crippen MR) is 166 cm³/mol. The molecule has 12 heteroatoms. The van der Waals surface area contributed by atoms with Crippen LogP contribution in [-0.2, 0) is 6.61 Å². The van der Waals surface area contributed by atoms with Crippen LogP contribution < -0.4 is 10.3 Å². The van der Waals surface area contributed by atoms with Gasteiger partial charge in [-0.25, -0.2) is 4.98 Å². The number of halogens is 3. The number of hydrogen-bond donors (Lipinski definition) is 0. The quantitative estimate of drug-likeness (QED) is 0.0966. The van der Waals surface area contributed by atoms with Crippen molar-refractivity contribution in [1.82, 2.24) is 9.66 Å². The lowest BCUT2D eigenvalue weighted by Gasteiger charge is -2.11. The topological polar surface area (TPSA) is 113 Å². The standard InChI is InChI=1S/C30H17BrCl2N4O5/c31-23-11-18(12-24(33)28(23)41-16-17-5-8-21(9-6-17)37(39)40)15-34-36-29(35-25-4-2-1-3-22(25)30(36)38)27-14-19-13-20(32)7-10-26(19)42-27/h1-15H,16H2. The van der Waals surface area contributed by atoms with Gasteiger partial charge in [0.05, 0.1) is 31.5 Å². The van der Waals surface area contributed by atoms with E-state index >= 15 is 0 Å². The number of benzene rings is 4. The van der Waals surface area contributed by atoms with E-state index in [2.05, 4.69) is 26.0 Å². The van der Waals surface area contributed by atoms with Crippen LogP contribution >= 0.6 is 39.1 Å². The Labute approximate surface area is 255 Å². The first-order chi connectivity index (χ1) is 20.3. The summed E-state index contributed by atoms with van der Waals surface area (Å²) in [5.41, 5.74) is 2.03. The van der Waals surface area contributed by atoms with E-state index in [1.807, 2.05) is 0 Å². The molecule has 0 aliphatic rings. The van der Waals surface area contributed by atoms with Crippen molar-refractivity contribution in [2.75, 3.05) is 0 Å². The van der Waals surface area contributed by atoms with Crippen LogP contribution in [0.5, 0.6) is 5.75 Å². The number of rotatable bonds is 7. The zero-order valence-electron chi connectivity index (χ0n) is 21.3. The highest BCUT2D eigenvalue weighted by atomic mass is 79.9. The monoisotopic (exact) mass is 662 g/mol. The molecule has 0 atom stereocenters. The normalized spacial score (nSPS) is 11.5. The molecular weight excluding hydrogens is 647 g/mol. The lowest BCUT2D eigenvalue weighted by Crippen LogP contribution is -2.20. The molecule has 208 valence electrons. The van der Waals surface area contributed by atoms with Gasteiger partial charge < -0.3 is 9.15 Å². The van der Waals surface area contributed by atoms with Crippen LogP contribution in [0.3, 0.4) is 0 Å². The first-order valence-corrected chi connectivity index (χ1v) is 13.9. The van der Waals surface area contributed by atoms with E-state index in [0.29, 0.717) is 48.1 Å². The molecule has 0 amide bonds. The van der Waals surface area contributed by atoms with Crippen molar-refractivity contribution in [2.45, 2.75) is 6.61 Å². The molecule has 0 bridgehead atoms. The molecule has 0 fully saturated rings. The molecule has 0 aliphatic carbocycles. The summed E-state index contributed by atoms with van der Waals surface area (Å²) in [5, 5.41) is 17.4. The van der Waals surface area contributed by atoms with Crippen molar-refractivity contribution < 1.29 is 14.1 Å². The molecule has 0 unspecified atom stereocenters. The second kappa shape index (κ2) is 11.4. The largest absolute Gasteiger partial charge is 0.486 e. The van der Waals surface area contributed by atoms with Crippen molar-refractivity contribution in [3.63, 3.8) is 0 Å². The van der Waals surface area contributed by atoms with Gasteiger partial charge in [-0.2, -0.15) is 9.78 Å². The Bertz CT molecular complexity index is 2070. The smallest absolute Gasteiger partial charge is 0.282 e. The summed E-state index contributed by atoms with van der Waals surface area (Å²) in [6, 6.07) is 23.4. The Hall–Kier alpha value is -4.51. The highest BCUT2D eigenvalue weighted by molar-refractivity contribution is 9.10. The minimum atomic E-state index is -0.462. The first-order valence-electron chi connectivity index (χ1n) is 12.4. The fraction of sp³-hybridized carbons (Fsp3) is 0.0333.